The van der Waals surface area contributed by atoms with Crippen LogP contribution in [0.25, 0.3) is 0 Å². The summed E-state index contributed by atoms with van der Waals surface area (Å²) in [5, 5.41) is 12.4. The largest absolute Gasteiger partial charge is 0.478 e. The van der Waals surface area contributed by atoms with Crippen LogP contribution in [0.3, 0.4) is 0 Å². The number of amides is 1. The molecule has 0 saturated carbocycles. The van der Waals surface area contributed by atoms with Crippen LogP contribution < -0.4 is 10.2 Å². The fourth-order valence-corrected chi connectivity index (χ4v) is 4.07. The summed E-state index contributed by atoms with van der Waals surface area (Å²) in [4.78, 5) is 33.0. The number of rotatable bonds is 10. The van der Waals surface area contributed by atoms with Crippen molar-refractivity contribution in [2.45, 2.75) is 45.3 Å². The van der Waals surface area contributed by atoms with Gasteiger partial charge in [0.1, 0.15) is 17.2 Å². The van der Waals surface area contributed by atoms with Gasteiger partial charge in [0.25, 0.3) is 5.91 Å². The number of carbonyl (C=O) groups is 2. The van der Waals surface area contributed by atoms with E-state index in [9.17, 15) is 19.1 Å². The molecule has 1 aromatic carbocycles. The molecule has 0 spiro atoms. The number of ether oxygens (including phenoxy) is 1. The number of hydrogen-bond acceptors (Lipinski definition) is 6. The Hall–Kier alpha value is -3.04. The van der Waals surface area contributed by atoms with Crippen LogP contribution in [-0.4, -0.2) is 72.3 Å². The van der Waals surface area contributed by atoms with Crippen LogP contribution in [0.2, 0.25) is 0 Å². The number of benzene rings is 1. The van der Waals surface area contributed by atoms with Crippen LogP contribution in [0, 0.1) is 5.82 Å². The van der Waals surface area contributed by atoms with Crippen LogP contribution in [-0.2, 0) is 4.74 Å². The lowest BCUT2D eigenvalue weighted by atomic mass is 10.0. The second-order valence-electron chi connectivity index (χ2n) is 8.83. The Bertz CT molecular complexity index is 975. The molecule has 0 unspecified atom stereocenters. The second kappa shape index (κ2) is 11.9. The van der Waals surface area contributed by atoms with Crippen molar-refractivity contribution in [1.82, 2.24) is 9.88 Å². The number of hydrogen-bond donors (Lipinski definition) is 2. The van der Waals surface area contributed by atoms with E-state index in [1.54, 1.807) is 0 Å². The Kier molecular flexibility index (Phi) is 8.95. The van der Waals surface area contributed by atoms with E-state index in [-0.39, 0.29) is 22.9 Å². The van der Waals surface area contributed by atoms with Crippen LogP contribution in [0.5, 0.6) is 0 Å². The summed E-state index contributed by atoms with van der Waals surface area (Å²) in [6.07, 6.45) is 4.49. The van der Waals surface area contributed by atoms with E-state index >= 15 is 0 Å². The molecule has 0 atom stereocenters. The van der Waals surface area contributed by atoms with Crippen molar-refractivity contribution in [3.8, 4) is 0 Å². The number of halogens is 1. The molecule has 1 amide bonds. The molecule has 1 aromatic heterocycles. The third-order valence-electron chi connectivity index (χ3n) is 5.96. The molecule has 0 aliphatic carbocycles. The van der Waals surface area contributed by atoms with Crippen LogP contribution in [0.4, 0.5) is 15.9 Å². The van der Waals surface area contributed by atoms with Crippen molar-refractivity contribution in [3.05, 3.63) is 53.5 Å². The standard InChI is InChI=1S/C25H33FN4O4/c1-17(2)34-14-4-11-29(3)21-9-12-30(13-10-21)23-22(25(32)33)15-20(16-27-23)28-24(31)18-5-7-19(26)8-6-18/h5-8,15-17,21H,4,9-14H2,1-3H3,(H,28,31)(H,32,33). The maximum absolute atomic E-state index is 13.1. The Balaban J connectivity index is 1.60. The molecule has 3 rings (SSSR count). The SMILES string of the molecule is CC(C)OCCCN(C)C1CCN(c2ncc(NC(=O)c3ccc(F)cc3)cc2C(=O)O)CC1. The topological polar surface area (TPSA) is 95.0 Å². The average Bonchev–Trinajstić information content (AvgIpc) is 2.82. The maximum Gasteiger partial charge on any atom is 0.339 e. The number of piperidine rings is 1. The van der Waals surface area contributed by atoms with Crippen molar-refractivity contribution in [1.29, 1.82) is 0 Å². The minimum Gasteiger partial charge on any atom is -0.478 e. The first-order chi connectivity index (χ1) is 16.2. The number of carboxylic acid groups (broad SMARTS) is 1. The molecule has 184 valence electrons. The van der Waals surface area contributed by atoms with Crippen molar-refractivity contribution < 1.29 is 23.8 Å². The first-order valence-corrected chi connectivity index (χ1v) is 11.6. The number of aromatic carboxylic acids is 1. The first-order valence-electron chi connectivity index (χ1n) is 11.6. The van der Waals surface area contributed by atoms with E-state index in [0.29, 0.717) is 24.9 Å². The molecule has 8 nitrogen and oxygen atoms in total. The molecule has 2 heterocycles. The summed E-state index contributed by atoms with van der Waals surface area (Å²) in [5.41, 5.74) is 0.576. The Labute approximate surface area is 199 Å². The van der Waals surface area contributed by atoms with Crippen molar-refractivity contribution in [2.24, 2.45) is 0 Å². The zero-order chi connectivity index (χ0) is 24.7. The monoisotopic (exact) mass is 472 g/mol. The number of nitrogens with one attached hydrogen (secondary N) is 1. The first kappa shape index (κ1) is 25.6. The van der Waals surface area contributed by atoms with Gasteiger partial charge in [0, 0.05) is 37.8 Å². The third kappa shape index (κ3) is 6.98. The van der Waals surface area contributed by atoms with Crippen molar-refractivity contribution in [2.75, 3.05) is 43.5 Å². The number of carbonyl (C=O) groups excluding carboxylic acids is 1. The molecule has 2 aromatic rings. The molecular formula is C25H33FN4O4. The molecule has 0 bridgehead atoms. The van der Waals surface area contributed by atoms with Gasteiger partial charge in [0.2, 0.25) is 0 Å². The molecule has 0 radical (unpaired) electrons. The van der Waals surface area contributed by atoms with E-state index < -0.39 is 17.7 Å². The summed E-state index contributed by atoms with van der Waals surface area (Å²) in [5.74, 6) is -1.61. The average molecular weight is 473 g/mol. The molecule has 1 aliphatic heterocycles. The molecule has 9 heteroatoms. The summed E-state index contributed by atoms with van der Waals surface area (Å²) in [6, 6.07) is 6.96. The number of nitrogens with zero attached hydrogens (tertiary/aromatic N) is 3. The van der Waals surface area contributed by atoms with Crippen molar-refractivity contribution in [3.63, 3.8) is 0 Å². The van der Waals surface area contributed by atoms with Crippen LogP contribution >= 0.6 is 0 Å². The Morgan fingerprint density at radius 2 is 1.94 bits per heavy atom. The number of anilines is 2. The molecular weight excluding hydrogens is 439 g/mol. The fourth-order valence-electron chi connectivity index (χ4n) is 4.07. The molecule has 1 fully saturated rings. The summed E-state index contributed by atoms with van der Waals surface area (Å²) >= 11 is 0. The van der Waals surface area contributed by atoms with Crippen LogP contribution in [0.15, 0.2) is 36.5 Å². The second-order valence-corrected chi connectivity index (χ2v) is 8.83. The van der Waals surface area contributed by atoms with E-state index in [2.05, 4.69) is 22.2 Å². The third-order valence-corrected chi connectivity index (χ3v) is 5.96. The van der Waals surface area contributed by atoms with Gasteiger partial charge < -0.3 is 25.0 Å². The van der Waals surface area contributed by atoms with E-state index in [0.717, 1.165) is 32.4 Å². The van der Waals surface area contributed by atoms with E-state index in [1.807, 2.05) is 18.7 Å². The molecule has 2 N–H and O–H groups in total. The highest BCUT2D eigenvalue weighted by Gasteiger charge is 2.26. The van der Waals surface area contributed by atoms with Gasteiger partial charge in [-0.1, -0.05) is 0 Å². The fraction of sp³-hybridized carbons (Fsp3) is 0.480. The van der Waals surface area contributed by atoms with Gasteiger partial charge in [-0.2, -0.15) is 0 Å². The van der Waals surface area contributed by atoms with Crippen LogP contribution in [0.1, 0.15) is 53.8 Å². The molecule has 1 aliphatic rings. The lowest BCUT2D eigenvalue weighted by Gasteiger charge is -2.37. The predicted octanol–water partition coefficient (Wildman–Crippen LogP) is 3.89. The lowest BCUT2D eigenvalue weighted by molar-refractivity contribution is 0.0682. The Morgan fingerprint density at radius 1 is 1.26 bits per heavy atom. The van der Waals surface area contributed by atoms with E-state index in [4.69, 9.17) is 4.74 Å². The summed E-state index contributed by atoms with van der Waals surface area (Å²) in [6.45, 7) is 7.17. The van der Waals surface area contributed by atoms with Gasteiger partial charge in [-0.05, 0) is 70.5 Å². The van der Waals surface area contributed by atoms with Gasteiger partial charge in [-0.15, -0.1) is 0 Å². The highest BCUT2D eigenvalue weighted by Crippen LogP contribution is 2.26. The quantitative estimate of drug-likeness (QED) is 0.507. The molecule has 1 saturated heterocycles. The minimum absolute atomic E-state index is 0.0366. The van der Waals surface area contributed by atoms with E-state index in [1.165, 1.54) is 36.5 Å². The zero-order valence-electron chi connectivity index (χ0n) is 20.0. The van der Waals surface area contributed by atoms with Gasteiger partial charge in [-0.3, -0.25) is 4.79 Å². The summed E-state index contributed by atoms with van der Waals surface area (Å²) in [7, 11) is 2.12. The maximum atomic E-state index is 13.1. The van der Waals surface area contributed by atoms with Gasteiger partial charge in [0.15, 0.2) is 0 Å². The normalized spacial score (nSPS) is 14.6. The van der Waals surface area contributed by atoms with Crippen molar-refractivity contribution >= 4 is 23.4 Å². The molecule has 34 heavy (non-hydrogen) atoms. The number of aromatic nitrogens is 1. The van der Waals surface area contributed by atoms with Gasteiger partial charge in [0.05, 0.1) is 18.0 Å². The smallest absolute Gasteiger partial charge is 0.339 e. The minimum atomic E-state index is -1.11. The lowest BCUT2D eigenvalue weighted by Crippen LogP contribution is -2.44. The van der Waals surface area contributed by atoms with Gasteiger partial charge >= 0.3 is 5.97 Å². The summed E-state index contributed by atoms with van der Waals surface area (Å²) < 4.78 is 18.7. The van der Waals surface area contributed by atoms with Gasteiger partial charge in [-0.25, -0.2) is 14.2 Å². The zero-order valence-corrected chi connectivity index (χ0v) is 20.0. The number of pyridine rings is 1. The number of carboxylic acids is 1. The predicted molar refractivity (Wildman–Crippen MR) is 129 cm³/mol. The Morgan fingerprint density at radius 3 is 2.56 bits per heavy atom. The highest BCUT2D eigenvalue weighted by molar-refractivity contribution is 6.05. The highest BCUT2D eigenvalue weighted by atomic mass is 19.1.